The Morgan fingerprint density at radius 2 is 1.73 bits per heavy atom. The molecule has 0 unspecified atom stereocenters. The van der Waals surface area contributed by atoms with Gasteiger partial charge in [-0.3, -0.25) is 10.1 Å². The second kappa shape index (κ2) is 8.73. The van der Waals surface area contributed by atoms with E-state index in [1.165, 1.54) is 0 Å². The topological polar surface area (TPSA) is 71.8 Å². The summed E-state index contributed by atoms with van der Waals surface area (Å²) in [5.74, 6) is 0.413. The summed E-state index contributed by atoms with van der Waals surface area (Å²) >= 11 is 12.6. The van der Waals surface area contributed by atoms with E-state index in [-0.39, 0.29) is 17.9 Å². The predicted molar refractivity (Wildman–Crippen MR) is 132 cm³/mol. The van der Waals surface area contributed by atoms with Gasteiger partial charge in [-0.15, -0.1) is 5.10 Å². The summed E-state index contributed by atoms with van der Waals surface area (Å²) in [5.41, 5.74) is 4.26. The lowest BCUT2D eigenvalue weighted by atomic mass is 10.0. The van der Waals surface area contributed by atoms with E-state index in [9.17, 15) is 4.79 Å². The van der Waals surface area contributed by atoms with Crippen molar-refractivity contribution in [2.75, 3.05) is 10.6 Å². The normalized spacial score (nSPS) is 14.8. The number of nitrogens with zero attached hydrogens (tertiary/aromatic N) is 3. The zero-order chi connectivity index (χ0) is 22.9. The molecule has 0 bridgehead atoms. The lowest BCUT2D eigenvalue weighted by Gasteiger charge is -2.24. The molecule has 164 valence electrons. The quantitative estimate of drug-likeness (QED) is 0.368. The van der Waals surface area contributed by atoms with Gasteiger partial charge in [0.15, 0.2) is 0 Å². The molecule has 0 radical (unpaired) electrons. The van der Waals surface area contributed by atoms with E-state index in [1.807, 2.05) is 73.7 Å². The lowest BCUT2D eigenvalue weighted by molar-refractivity contribution is 0.102. The maximum Gasteiger partial charge on any atom is 0.258 e. The van der Waals surface area contributed by atoms with Gasteiger partial charge in [-0.25, -0.2) is 4.68 Å². The average molecular weight is 476 g/mol. The lowest BCUT2D eigenvalue weighted by Crippen LogP contribution is -2.20. The maximum atomic E-state index is 12.7. The summed E-state index contributed by atoms with van der Waals surface area (Å²) < 4.78 is 1.71. The molecule has 33 heavy (non-hydrogen) atoms. The molecule has 3 aromatic carbocycles. The molecular formula is C25H19Cl2N5O. The Balaban J connectivity index is 1.52. The van der Waals surface area contributed by atoms with Gasteiger partial charge >= 0.3 is 0 Å². The Labute approximate surface area is 200 Å². The molecule has 1 aliphatic heterocycles. The number of benzene rings is 3. The SMILES string of the molecule is Cc1ccc(C(=O)Nc2nc3n(n2)[C@@H](c2ccccc2Cl)C=C(c2ccc(Cl)cc2)N3)cc1. The third kappa shape index (κ3) is 4.35. The Hall–Kier alpha value is -3.61. The number of rotatable bonds is 4. The number of hydrogen-bond acceptors (Lipinski definition) is 4. The minimum atomic E-state index is -0.321. The number of fused-ring (bicyclic) bond motifs is 1. The Kier molecular flexibility index (Phi) is 5.62. The van der Waals surface area contributed by atoms with Crippen LogP contribution in [0.4, 0.5) is 11.9 Å². The highest BCUT2D eigenvalue weighted by Gasteiger charge is 2.27. The second-order valence-electron chi connectivity index (χ2n) is 7.70. The number of hydrogen-bond donors (Lipinski definition) is 2. The molecule has 5 rings (SSSR count). The van der Waals surface area contributed by atoms with Crippen molar-refractivity contribution in [3.05, 3.63) is 111 Å². The minimum Gasteiger partial charge on any atom is -0.324 e. The highest BCUT2D eigenvalue weighted by Crippen LogP contribution is 2.36. The molecule has 8 heteroatoms. The molecule has 0 fully saturated rings. The largest absolute Gasteiger partial charge is 0.324 e. The standard InChI is InChI=1S/C25H19Cl2N5O/c1-15-6-8-17(9-7-15)23(33)29-24-30-25-28-21(16-10-12-18(26)13-11-16)14-22(32(25)31-24)19-4-2-3-5-20(19)27/h2-14,22H,1H3,(H2,28,29,30,31,33)/t22-/m1/s1. The highest BCUT2D eigenvalue weighted by molar-refractivity contribution is 6.31. The highest BCUT2D eigenvalue weighted by atomic mass is 35.5. The summed E-state index contributed by atoms with van der Waals surface area (Å²) in [4.78, 5) is 17.2. The smallest absolute Gasteiger partial charge is 0.258 e. The van der Waals surface area contributed by atoms with Gasteiger partial charge in [0, 0.05) is 21.3 Å². The third-order valence-corrected chi connectivity index (χ3v) is 5.98. The van der Waals surface area contributed by atoms with Crippen molar-refractivity contribution in [3.8, 4) is 0 Å². The van der Waals surface area contributed by atoms with Crippen molar-refractivity contribution >= 4 is 46.7 Å². The predicted octanol–water partition coefficient (Wildman–Crippen LogP) is 6.20. The van der Waals surface area contributed by atoms with Crippen LogP contribution in [0.2, 0.25) is 10.0 Å². The van der Waals surface area contributed by atoms with Crippen LogP contribution in [0.3, 0.4) is 0 Å². The Morgan fingerprint density at radius 3 is 2.45 bits per heavy atom. The fraction of sp³-hybridized carbons (Fsp3) is 0.0800. The van der Waals surface area contributed by atoms with Crippen molar-refractivity contribution in [2.45, 2.75) is 13.0 Å². The summed E-state index contributed by atoms with van der Waals surface area (Å²) in [5, 5.41) is 11.9. The van der Waals surface area contributed by atoms with Gasteiger partial charge in [-0.05, 0) is 54.5 Å². The van der Waals surface area contributed by atoms with Crippen molar-refractivity contribution in [1.29, 1.82) is 0 Å². The van der Waals surface area contributed by atoms with E-state index < -0.39 is 0 Å². The van der Waals surface area contributed by atoms with Crippen molar-refractivity contribution in [1.82, 2.24) is 14.8 Å². The first-order chi connectivity index (χ1) is 16.0. The van der Waals surface area contributed by atoms with Gasteiger partial charge in [-0.2, -0.15) is 4.98 Å². The molecule has 0 spiro atoms. The van der Waals surface area contributed by atoms with Gasteiger partial charge in [0.2, 0.25) is 5.95 Å². The number of allylic oxidation sites excluding steroid dienone is 1. The third-order valence-electron chi connectivity index (χ3n) is 5.38. The molecule has 1 amide bonds. The van der Waals surface area contributed by atoms with E-state index >= 15 is 0 Å². The van der Waals surface area contributed by atoms with Gasteiger partial charge in [0.25, 0.3) is 11.9 Å². The second-order valence-corrected chi connectivity index (χ2v) is 8.55. The average Bonchev–Trinajstić information content (AvgIpc) is 3.22. The zero-order valence-corrected chi connectivity index (χ0v) is 19.1. The number of aryl methyl sites for hydroxylation is 1. The molecular weight excluding hydrogens is 457 g/mol. The van der Waals surface area contributed by atoms with Crippen LogP contribution < -0.4 is 10.6 Å². The minimum absolute atomic E-state index is 0.200. The van der Waals surface area contributed by atoms with Crippen LogP contribution in [-0.4, -0.2) is 20.7 Å². The fourth-order valence-corrected chi connectivity index (χ4v) is 4.03. The number of halogens is 2. The van der Waals surface area contributed by atoms with E-state index in [2.05, 4.69) is 20.7 Å². The summed E-state index contributed by atoms with van der Waals surface area (Å²) in [7, 11) is 0. The first kappa shape index (κ1) is 21.2. The van der Waals surface area contributed by atoms with Gasteiger partial charge in [0.05, 0.1) is 0 Å². The summed E-state index contributed by atoms with van der Waals surface area (Å²) in [6.07, 6.45) is 2.03. The van der Waals surface area contributed by atoms with Gasteiger partial charge in [0.1, 0.15) is 6.04 Å². The van der Waals surface area contributed by atoms with E-state index in [4.69, 9.17) is 23.2 Å². The van der Waals surface area contributed by atoms with Crippen molar-refractivity contribution in [2.24, 2.45) is 0 Å². The zero-order valence-electron chi connectivity index (χ0n) is 17.6. The molecule has 6 nitrogen and oxygen atoms in total. The van der Waals surface area contributed by atoms with Gasteiger partial charge in [-0.1, -0.05) is 71.2 Å². The van der Waals surface area contributed by atoms with Crippen LogP contribution in [0.25, 0.3) is 5.70 Å². The number of nitrogens with one attached hydrogen (secondary N) is 2. The molecule has 4 aromatic rings. The number of aromatic nitrogens is 3. The number of carbonyl (C=O) groups is 1. The number of carbonyl (C=O) groups excluding carboxylic acids is 1. The molecule has 0 saturated carbocycles. The molecule has 0 saturated heterocycles. The molecule has 1 aromatic heterocycles. The van der Waals surface area contributed by atoms with Gasteiger partial charge < -0.3 is 5.32 Å². The molecule has 2 heterocycles. The Morgan fingerprint density at radius 1 is 1.00 bits per heavy atom. The molecule has 1 aliphatic rings. The van der Waals surface area contributed by atoms with Crippen molar-refractivity contribution in [3.63, 3.8) is 0 Å². The summed E-state index contributed by atoms with van der Waals surface area (Å²) in [6.45, 7) is 1.97. The maximum absolute atomic E-state index is 12.7. The van der Waals surface area contributed by atoms with Crippen LogP contribution in [-0.2, 0) is 0 Å². The van der Waals surface area contributed by atoms with E-state index in [0.29, 0.717) is 21.6 Å². The first-order valence-corrected chi connectivity index (χ1v) is 11.1. The van der Waals surface area contributed by atoms with Crippen molar-refractivity contribution < 1.29 is 4.79 Å². The fourth-order valence-electron chi connectivity index (χ4n) is 3.66. The molecule has 2 N–H and O–H groups in total. The number of amides is 1. The van der Waals surface area contributed by atoms with Crippen LogP contribution >= 0.6 is 23.2 Å². The van der Waals surface area contributed by atoms with Crippen LogP contribution in [0.1, 0.15) is 33.1 Å². The van der Waals surface area contributed by atoms with E-state index in [0.717, 1.165) is 22.4 Å². The van der Waals surface area contributed by atoms with E-state index in [1.54, 1.807) is 16.8 Å². The molecule has 1 atom stereocenters. The number of anilines is 2. The monoisotopic (exact) mass is 475 g/mol. The summed E-state index contributed by atoms with van der Waals surface area (Å²) in [6, 6.07) is 22.1. The molecule has 0 aliphatic carbocycles. The first-order valence-electron chi connectivity index (χ1n) is 10.3. The van der Waals surface area contributed by atoms with Crippen LogP contribution in [0, 0.1) is 6.92 Å². The van der Waals surface area contributed by atoms with Crippen LogP contribution in [0.5, 0.6) is 0 Å². The Bertz CT molecular complexity index is 1360. The van der Waals surface area contributed by atoms with Crippen LogP contribution in [0.15, 0.2) is 78.9 Å².